The molecule has 1 aromatic rings. The Morgan fingerprint density at radius 1 is 1.55 bits per heavy atom. The first kappa shape index (κ1) is 15.3. The minimum absolute atomic E-state index is 0.118. The Labute approximate surface area is 128 Å². The summed E-state index contributed by atoms with van der Waals surface area (Å²) in [7, 11) is 1.67. The van der Waals surface area contributed by atoms with Gasteiger partial charge in [-0.05, 0) is 44.0 Å². The van der Waals surface area contributed by atoms with E-state index in [0.717, 1.165) is 41.6 Å². The van der Waals surface area contributed by atoms with Gasteiger partial charge in [-0.25, -0.2) is 0 Å². The summed E-state index contributed by atoms with van der Waals surface area (Å²) in [4.78, 5) is 14.3. The van der Waals surface area contributed by atoms with Gasteiger partial charge >= 0.3 is 0 Å². The zero-order valence-corrected chi connectivity index (χ0v) is 13.4. The maximum atomic E-state index is 12.3. The molecule has 1 aromatic carbocycles. The molecule has 0 aromatic heterocycles. The van der Waals surface area contributed by atoms with E-state index in [2.05, 4.69) is 22.0 Å². The van der Waals surface area contributed by atoms with E-state index in [9.17, 15) is 4.79 Å². The van der Waals surface area contributed by atoms with E-state index >= 15 is 0 Å². The van der Waals surface area contributed by atoms with Crippen molar-refractivity contribution in [2.75, 3.05) is 20.2 Å². The summed E-state index contributed by atoms with van der Waals surface area (Å²) in [5, 5.41) is 0. The molecule has 1 atom stereocenters. The van der Waals surface area contributed by atoms with Crippen LogP contribution < -0.4 is 10.5 Å². The maximum Gasteiger partial charge on any atom is 0.223 e. The predicted molar refractivity (Wildman–Crippen MR) is 82.7 cm³/mol. The third-order valence-electron chi connectivity index (χ3n) is 3.72. The second kappa shape index (κ2) is 7.09. The van der Waals surface area contributed by atoms with Crippen molar-refractivity contribution in [3.63, 3.8) is 0 Å². The van der Waals surface area contributed by atoms with Crippen molar-refractivity contribution >= 4 is 21.8 Å². The van der Waals surface area contributed by atoms with Crippen LogP contribution >= 0.6 is 15.9 Å². The van der Waals surface area contributed by atoms with Crippen molar-refractivity contribution in [1.82, 2.24) is 4.90 Å². The molecular weight excluding hydrogens is 320 g/mol. The van der Waals surface area contributed by atoms with Gasteiger partial charge < -0.3 is 15.4 Å². The van der Waals surface area contributed by atoms with Crippen molar-refractivity contribution in [2.45, 2.75) is 31.7 Å². The predicted octanol–water partition coefficient (Wildman–Crippen LogP) is 2.86. The molecule has 0 bridgehead atoms. The smallest absolute Gasteiger partial charge is 0.223 e. The molecule has 1 unspecified atom stereocenters. The summed E-state index contributed by atoms with van der Waals surface area (Å²) in [6.07, 6.45) is 3.30. The van der Waals surface area contributed by atoms with E-state index in [0.29, 0.717) is 13.0 Å². The van der Waals surface area contributed by atoms with Crippen LogP contribution in [0.4, 0.5) is 0 Å². The number of hydrogen-bond donors (Lipinski definition) is 1. The molecule has 5 heteroatoms. The van der Waals surface area contributed by atoms with Crippen molar-refractivity contribution in [1.29, 1.82) is 0 Å². The van der Waals surface area contributed by atoms with E-state index < -0.39 is 0 Å². The Morgan fingerprint density at radius 3 is 3.05 bits per heavy atom. The van der Waals surface area contributed by atoms with E-state index in [1.54, 1.807) is 7.11 Å². The molecule has 1 saturated heterocycles. The number of nitrogens with zero attached hydrogens (tertiary/aromatic N) is 1. The van der Waals surface area contributed by atoms with Crippen LogP contribution in [0.1, 0.15) is 37.3 Å². The van der Waals surface area contributed by atoms with Crippen LogP contribution in [0.2, 0.25) is 0 Å². The van der Waals surface area contributed by atoms with Crippen LogP contribution in [-0.2, 0) is 4.79 Å². The zero-order valence-electron chi connectivity index (χ0n) is 11.8. The average molecular weight is 341 g/mol. The van der Waals surface area contributed by atoms with Gasteiger partial charge in [0.25, 0.3) is 0 Å². The first-order chi connectivity index (χ1) is 9.67. The molecular formula is C15H21BrN2O2. The lowest BCUT2D eigenvalue weighted by molar-refractivity contribution is -0.132. The minimum Gasteiger partial charge on any atom is -0.496 e. The summed E-state index contributed by atoms with van der Waals surface area (Å²) < 4.78 is 6.45. The number of halogens is 1. The fourth-order valence-electron chi connectivity index (χ4n) is 2.75. The van der Waals surface area contributed by atoms with Crippen molar-refractivity contribution in [3.05, 3.63) is 28.2 Å². The lowest BCUT2D eigenvalue weighted by Crippen LogP contribution is -2.31. The van der Waals surface area contributed by atoms with Crippen LogP contribution in [0.25, 0.3) is 0 Å². The van der Waals surface area contributed by atoms with E-state index in [1.807, 2.05) is 17.0 Å². The van der Waals surface area contributed by atoms with Crippen molar-refractivity contribution < 1.29 is 9.53 Å². The SMILES string of the molecule is COc1ccc(Br)cc1C1CCCN1C(=O)CCCN. The maximum absolute atomic E-state index is 12.3. The lowest BCUT2D eigenvalue weighted by atomic mass is 10.0. The molecule has 110 valence electrons. The van der Waals surface area contributed by atoms with Crippen LogP contribution in [0.5, 0.6) is 5.75 Å². The first-order valence-electron chi connectivity index (χ1n) is 7.00. The van der Waals surface area contributed by atoms with Crippen LogP contribution in [0, 0.1) is 0 Å². The number of ether oxygens (including phenoxy) is 1. The zero-order chi connectivity index (χ0) is 14.5. The number of benzene rings is 1. The fourth-order valence-corrected chi connectivity index (χ4v) is 3.13. The average Bonchev–Trinajstić information content (AvgIpc) is 2.94. The van der Waals surface area contributed by atoms with E-state index in [1.165, 1.54) is 0 Å². The Hall–Kier alpha value is -1.07. The summed E-state index contributed by atoms with van der Waals surface area (Å²) in [5.74, 6) is 1.04. The third-order valence-corrected chi connectivity index (χ3v) is 4.21. The highest BCUT2D eigenvalue weighted by atomic mass is 79.9. The standard InChI is InChI=1S/C15H21BrN2O2/c1-20-14-7-6-11(16)10-12(14)13-4-3-9-18(13)15(19)5-2-8-17/h6-7,10,13H,2-5,8-9,17H2,1H3. The minimum atomic E-state index is 0.118. The topological polar surface area (TPSA) is 55.6 Å². The van der Waals surface area contributed by atoms with Gasteiger partial charge in [0.2, 0.25) is 5.91 Å². The number of likely N-dealkylation sites (tertiary alicyclic amines) is 1. The molecule has 2 N–H and O–H groups in total. The Kier molecular flexibility index (Phi) is 5.43. The molecule has 0 spiro atoms. The highest BCUT2D eigenvalue weighted by molar-refractivity contribution is 9.10. The molecule has 1 heterocycles. The number of methoxy groups -OCH3 is 1. The van der Waals surface area contributed by atoms with Gasteiger partial charge in [0.15, 0.2) is 0 Å². The largest absolute Gasteiger partial charge is 0.496 e. The Bertz CT molecular complexity index is 479. The highest BCUT2D eigenvalue weighted by Gasteiger charge is 2.31. The number of carbonyl (C=O) groups excluding carboxylic acids is 1. The molecule has 1 fully saturated rings. The summed E-state index contributed by atoms with van der Waals surface area (Å²) in [6.45, 7) is 1.38. The summed E-state index contributed by atoms with van der Waals surface area (Å²) in [5.41, 5.74) is 6.57. The number of nitrogens with two attached hydrogens (primary N) is 1. The second-order valence-electron chi connectivity index (χ2n) is 5.02. The van der Waals surface area contributed by atoms with Crippen LogP contribution in [0.3, 0.4) is 0 Å². The van der Waals surface area contributed by atoms with Gasteiger partial charge in [-0.15, -0.1) is 0 Å². The molecule has 4 nitrogen and oxygen atoms in total. The van der Waals surface area contributed by atoms with Gasteiger partial charge in [0.05, 0.1) is 13.2 Å². The second-order valence-corrected chi connectivity index (χ2v) is 5.94. The molecule has 1 aliphatic heterocycles. The van der Waals surface area contributed by atoms with E-state index in [4.69, 9.17) is 10.5 Å². The molecule has 1 amide bonds. The lowest BCUT2D eigenvalue weighted by Gasteiger charge is -2.26. The van der Waals surface area contributed by atoms with Gasteiger partial charge in [0, 0.05) is 23.0 Å². The fraction of sp³-hybridized carbons (Fsp3) is 0.533. The van der Waals surface area contributed by atoms with Crippen LogP contribution in [0.15, 0.2) is 22.7 Å². The first-order valence-corrected chi connectivity index (χ1v) is 7.79. The number of amides is 1. The Balaban J connectivity index is 2.22. The normalized spacial score (nSPS) is 18.4. The molecule has 0 saturated carbocycles. The molecule has 1 aliphatic rings. The van der Waals surface area contributed by atoms with Crippen molar-refractivity contribution in [3.8, 4) is 5.75 Å². The van der Waals surface area contributed by atoms with Gasteiger partial charge in [0.1, 0.15) is 5.75 Å². The van der Waals surface area contributed by atoms with Crippen molar-refractivity contribution in [2.24, 2.45) is 5.73 Å². The van der Waals surface area contributed by atoms with E-state index in [-0.39, 0.29) is 11.9 Å². The highest BCUT2D eigenvalue weighted by Crippen LogP contribution is 2.38. The number of hydrogen-bond acceptors (Lipinski definition) is 3. The van der Waals surface area contributed by atoms with Crippen LogP contribution in [-0.4, -0.2) is 31.0 Å². The van der Waals surface area contributed by atoms with Gasteiger partial charge in [-0.1, -0.05) is 15.9 Å². The molecule has 2 rings (SSSR count). The van der Waals surface area contributed by atoms with Gasteiger partial charge in [-0.2, -0.15) is 0 Å². The van der Waals surface area contributed by atoms with Gasteiger partial charge in [-0.3, -0.25) is 4.79 Å². The summed E-state index contributed by atoms with van der Waals surface area (Å²) in [6, 6.07) is 6.07. The molecule has 0 radical (unpaired) electrons. The Morgan fingerprint density at radius 2 is 2.35 bits per heavy atom. The molecule has 20 heavy (non-hydrogen) atoms. The quantitative estimate of drug-likeness (QED) is 0.896. The number of carbonyl (C=O) groups is 1. The number of rotatable bonds is 5. The monoisotopic (exact) mass is 340 g/mol. The third kappa shape index (κ3) is 3.33. The summed E-state index contributed by atoms with van der Waals surface area (Å²) >= 11 is 3.50. The molecule has 0 aliphatic carbocycles.